The Labute approximate surface area is 106 Å². The van der Waals surface area contributed by atoms with E-state index in [0.29, 0.717) is 6.42 Å². The zero-order valence-corrected chi connectivity index (χ0v) is 10.8. The summed E-state index contributed by atoms with van der Waals surface area (Å²) in [5, 5.41) is 0. The molecule has 18 heavy (non-hydrogen) atoms. The van der Waals surface area contributed by atoms with E-state index in [1.807, 2.05) is 0 Å². The Hall–Kier alpha value is -1.68. The van der Waals surface area contributed by atoms with E-state index in [9.17, 15) is 9.59 Å². The van der Waals surface area contributed by atoms with Crippen LogP contribution in [0.3, 0.4) is 0 Å². The van der Waals surface area contributed by atoms with Crippen LogP contribution in [0.4, 0.5) is 0 Å². The van der Waals surface area contributed by atoms with Gasteiger partial charge in [0.15, 0.2) is 0 Å². The second-order valence-corrected chi connectivity index (χ2v) is 4.53. The maximum absolute atomic E-state index is 11.4. The molecule has 0 spiro atoms. The van der Waals surface area contributed by atoms with Crippen LogP contribution in [0.15, 0.2) is 0 Å². The monoisotopic (exact) mass is 254 g/mol. The number of nitrogens with zero attached hydrogens (tertiary/aromatic N) is 2. The lowest BCUT2D eigenvalue weighted by Crippen LogP contribution is -2.49. The molecule has 0 bridgehead atoms. The van der Waals surface area contributed by atoms with Gasteiger partial charge in [0.2, 0.25) is 0 Å². The Bertz CT molecular complexity index is 366. The van der Waals surface area contributed by atoms with Crippen molar-refractivity contribution in [3.05, 3.63) is 5.53 Å². The summed E-state index contributed by atoms with van der Waals surface area (Å²) in [6.45, 7) is 3.67. The molecule has 1 heterocycles. The second kappa shape index (κ2) is 6.31. The van der Waals surface area contributed by atoms with E-state index in [0.717, 1.165) is 32.1 Å². The molecule has 6 heteroatoms. The quantitative estimate of drug-likeness (QED) is 0.313. The summed E-state index contributed by atoms with van der Waals surface area (Å²) in [6.07, 6.45) is 5.68. The number of carbonyl (C=O) groups is 2. The van der Waals surface area contributed by atoms with Crippen LogP contribution >= 0.6 is 0 Å². The van der Waals surface area contributed by atoms with Crippen molar-refractivity contribution < 1.29 is 23.9 Å². The molecule has 0 unspecified atom stereocenters. The summed E-state index contributed by atoms with van der Waals surface area (Å²) in [6, 6.07) is 0. The van der Waals surface area contributed by atoms with Crippen molar-refractivity contribution in [3.8, 4) is 0 Å². The van der Waals surface area contributed by atoms with Gasteiger partial charge in [-0.15, -0.1) is 0 Å². The van der Waals surface area contributed by atoms with Crippen LogP contribution in [-0.2, 0) is 19.1 Å². The molecule has 0 N–H and O–H groups in total. The maximum Gasteiger partial charge on any atom is 0.482 e. The van der Waals surface area contributed by atoms with Gasteiger partial charge in [-0.05, 0) is 6.42 Å². The molecule has 1 aliphatic rings. The number of ether oxygens (including phenoxy) is 2. The topological polar surface area (TPSA) is 89.0 Å². The van der Waals surface area contributed by atoms with E-state index < -0.39 is 23.4 Å². The lowest BCUT2D eigenvalue weighted by molar-refractivity contribution is -0.230. The van der Waals surface area contributed by atoms with Crippen molar-refractivity contribution >= 4 is 17.7 Å². The summed E-state index contributed by atoms with van der Waals surface area (Å²) in [5.74, 6) is -3.12. The first-order valence-corrected chi connectivity index (χ1v) is 6.21. The number of rotatable bonds is 6. The van der Waals surface area contributed by atoms with E-state index in [1.54, 1.807) is 0 Å². The van der Waals surface area contributed by atoms with Gasteiger partial charge in [0.25, 0.3) is 5.79 Å². The summed E-state index contributed by atoms with van der Waals surface area (Å²) >= 11 is 0. The van der Waals surface area contributed by atoms with E-state index in [-0.39, 0.29) is 0 Å². The molecule has 1 aliphatic heterocycles. The smallest absolute Gasteiger partial charge is 0.414 e. The SMILES string of the molecule is CCCCCCCC1(C)OC(=O)C(=[N+]=[N-])C(=O)O1. The van der Waals surface area contributed by atoms with Crippen molar-refractivity contribution in [1.82, 2.24) is 0 Å². The first-order chi connectivity index (χ1) is 8.52. The third-order valence-corrected chi connectivity index (χ3v) is 2.84. The molecule has 0 amide bonds. The molecular formula is C12H18N2O4. The third-order valence-electron chi connectivity index (χ3n) is 2.84. The minimum atomic E-state index is -1.24. The van der Waals surface area contributed by atoms with Crippen LogP contribution in [0.1, 0.15) is 52.4 Å². The summed E-state index contributed by atoms with van der Waals surface area (Å²) in [4.78, 5) is 25.3. The predicted molar refractivity (Wildman–Crippen MR) is 62.6 cm³/mol. The lowest BCUT2D eigenvalue weighted by Gasteiger charge is -2.30. The van der Waals surface area contributed by atoms with Gasteiger partial charge in [-0.1, -0.05) is 32.6 Å². The molecule has 1 saturated heterocycles. The largest absolute Gasteiger partial charge is 0.482 e. The Balaban J connectivity index is 2.48. The van der Waals surface area contributed by atoms with Gasteiger partial charge in [0.05, 0.1) is 0 Å². The number of hydrogen-bond acceptors (Lipinski definition) is 4. The molecule has 0 radical (unpaired) electrons. The average Bonchev–Trinajstić information content (AvgIpc) is 2.28. The highest BCUT2D eigenvalue weighted by atomic mass is 16.7. The standard InChI is InChI=1S/C12H18N2O4/c1-3-4-5-6-7-8-12(2)17-10(15)9(14-13)11(16)18-12/h3-8H2,1-2H3. The molecule has 0 aliphatic carbocycles. The van der Waals surface area contributed by atoms with Gasteiger partial charge >= 0.3 is 17.7 Å². The van der Waals surface area contributed by atoms with Gasteiger partial charge in [0.1, 0.15) is 0 Å². The van der Waals surface area contributed by atoms with Gasteiger partial charge < -0.3 is 15.0 Å². The Morgan fingerprint density at radius 2 is 1.67 bits per heavy atom. The fourth-order valence-electron chi connectivity index (χ4n) is 1.83. The van der Waals surface area contributed by atoms with Crippen LogP contribution in [0, 0.1) is 0 Å². The van der Waals surface area contributed by atoms with Crippen LogP contribution in [0.2, 0.25) is 0 Å². The number of hydrogen-bond donors (Lipinski definition) is 0. The first-order valence-electron chi connectivity index (χ1n) is 6.21. The number of esters is 2. The van der Waals surface area contributed by atoms with E-state index in [4.69, 9.17) is 15.0 Å². The van der Waals surface area contributed by atoms with Crippen LogP contribution in [0.5, 0.6) is 0 Å². The molecule has 0 atom stereocenters. The molecule has 0 saturated carbocycles. The molecule has 0 aromatic rings. The Morgan fingerprint density at radius 1 is 1.11 bits per heavy atom. The third kappa shape index (κ3) is 3.67. The van der Waals surface area contributed by atoms with E-state index in [1.165, 1.54) is 6.92 Å². The zero-order valence-electron chi connectivity index (χ0n) is 10.8. The summed E-state index contributed by atoms with van der Waals surface area (Å²) in [5.41, 5.74) is 7.75. The van der Waals surface area contributed by atoms with Crippen molar-refractivity contribution in [2.45, 2.75) is 58.2 Å². The van der Waals surface area contributed by atoms with Crippen molar-refractivity contribution in [2.24, 2.45) is 0 Å². The highest BCUT2D eigenvalue weighted by molar-refractivity contribution is 6.61. The van der Waals surface area contributed by atoms with Crippen LogP contribution < -0.4 is 0 Å². The first kappa shape index (κ1) is 14.4. The molecule has 6 nitrogen and oxygen atoms in total. The number of carbonyl (C=O) groups excluding carboxylic acids is 2. The van der Waals surface area contributed by atoms with E-state index in [2.05, 4.69) is 11.7 Å². The van der Waals surface area contributed by atoms with Gasteiger partial charge in [-0.25, -0.2) is 9.59 Å². The molecule has 100 valence electrons. The Kier molecular flexibility index (Phi) is 5.04. The highest BCUT2D eigenvalue weighted by Gasteiger charge is 2.48. The minimum Gasteiger partial charge on any atom is -0.414 e. The highest BCUT2D eigenvalue weighted by Crippen LogP contribution is 2.25. The molecular weight excluding hydrogens is 236 g/mol. The van der Waals surface area contributed by atoms with Crippen LogP contribution in [0.25, 0.3) is 5.53 Å². The minimum absolute atomic E-state index is 0.451. The second-order valence-electron chi connectivity index (χ2n) is 4.53. The van der Waals surface area contributed by atoms with Gasteiger partial charge in [-0.3, -0.25) is 0 Å². The lowest BCUT2D eigenvalue weighted by atomic mass is 10.1. The predicted octanol–water partition coefficient (Wildman–Crippen LogP) is 1.83. The normalized spacial score (nSPS) is 23.3. The molecule has 0 aromatic heterocycles. The molecule has 1 rings (SSSR count). The van der Waals surface area contributed by atoms with Crippen molar-refractivity contribution in [1.29, 1.82) is 0 Å². The van der Waals surface area contributed by atoms with Crippen LogP contribution in [-0.4, -0.2) is 28.2 Å². The van der Waals surface area contributed by atoms with E-state index >= 15 is 0 Å². The summed E-state index contributed by atoms with van der Waals surface area (Å²) < 4.78 is 9.96. The molecule has 1 fully saturated rings. The van der Waals surface area contributed by atoms with Crippen molar-refractivity contribution in [2.75, 3.05) is 0 Å². The number of cyclic esters (lactones) is 2. The average molecular weight is 254 g/mol. The fraction of sp³-hybridized carbons (Fsp3) is 0.750. The van der Waals surface area contributed by atoms with Gasteiger partial charge in [0, 0.05) is 13.3 Å². The summed E-state index contributed by atoms with van der Waals surface area (Å²) in [7, 11) is 0. The maximum atomic E-state index is 11.4. The fourth-order valence-corrected chi connectivity index (χ4v) is 1.83. The van der Waals surface area contributed by atoms with Gasteiger partial charge in [-0.2, -0.15) is 4.79 Å². The van der Waals surface area contributed by atoms with Crippen molar-refractivity contribution in [3.63, 3.8) is 0 Å². The zero-order chi connectivity index (χ0) is 13.6. The number of unbranched alkanes of at least 4 members (excludes halogenated alkanes) is 4. The molecule has 0 aromatic carbocycles. The Morgan fingerprint density at radius 3 is 2.17 bits per heavy atom.